The predicted molar refractivity (Wildman–Crippen MR) is 68.9 cm³/mol. The zero-order chi connectivity index (χ0) is 14.3. The molecular weight excluding hydrogens is 250 g/mol. The molecule has 1 heterocycles. The van der Waals surface area contributed by atoms with Gasteiger partial charge in [-0.2, -0.15) is 0 Å². The van der Waals surface area contributed by atoms with Gasteiger partial charge >= 0.3 is 5.97 Å². The van der Waals surface area contributed by atoms with Crippen LogP contribution in [-0.2, 0) is 19.1 Å². The lowest BCUT2D eigenvalue weighted by Gasteiger charge is -2.36. The molecule has 110 valence electrons. The van der Waals surface area contributed by atoms with Gasteiger partial charge in [-0.3, -0.25) is 9.59 Å². The molecule has 1 saturated heterocycles. The third kappa shape index (κ3) is 6.02. The van der Waals surface area contributed by atoms with Gasteiger partial charge in [0.1, 0.15) is 0 Å². The van der Waals surface area contributed by atoms with Gasteiger partial charge < -0.3 is 19.9 Å². The van der Waals surface area contributed by atoms with Gasteiger partial charge in [0.25, 0.3) is 0 Å². The zero-order valence-electron chi connectivity index (χ0n) is 11.6. The first-order valence-electron chi connectivity index (χ1n) is 6.66. The molecule has 1 fully saturated rings. The van der Waals surface area contributed by atoms with Gasteiger partial charge in [0, 0.05) is 19.6 Å². The van der Waals surface area contributed by atoms with E-state index in [4.69, 9.17) is 14.6 Å². The van der Waals surface area contributed by atoms with Gasteiger partial charge in [-0.25, -0.2) is 0 Å². The van der Waals surface area contributed by atoms with Crippen LogP contribution in [-0.4, -0.2) is 48.4 Å². The number of ether oxygens (including phenoxy) is 2. The van der Waals surface area contributed by atoms with Crippen molar-refractivity contribution in [1.29, 1.82) is 0 Å². The Kier molecular flexibility index (Phi) is 6.24. The highest BCUT2D eigenvalue weighted by Crippen LogP contribution is 2.24. The highest BCUT2D eigenvalue weighted by molar-refractivity contribution is 5.78. The maximum atomic E-state index is 11.9. The molecule has 1 amide bonds. The molecule has 6 heteroatoms. The molecule has 0 saturated carbocycles. The molecule has 1 rings (SSSR count). The summed E-state index contributed by atoms with van der Waals surface area (Å²) in [5.41, 5.74) is -0.668. The number of aliphatic carboxylic acids is 1. The molecule has 2 N–H and O–H groups in total. The fraction of sp³-hybridized carbons (Fsp3) is 0.846. The van der Waals surface area contributed by atoms with Crippen LogP contribution in [0.15, 0.2) is 0 Å². The van der Waals surface area contributed by atoms with E-state index in [1.807, 2.05) is 13.8 Å². The van der Waals surface area contributed by atoms with Crippen LogP contribution in [0.5, 0.6) is 0 Å². The number of carboxylic acids is 1. The van der Waals surface area contributed by atoms with E-state index in [2.05, 4.69) is 5.32 Å². The highest BCUT2D eigenvalue weighted by atomic mass is 16.5. The van der Waals surface area contributed by atoms with Crippen molar-refractivity contribution in [1.82, 2.24) is 5.32 Å². The summed E-state index contributed by atoms with van der Waals surface area (Å²) in [4.78, 5) is 22.8. The first-order valence-corrected chi connectivity index (χ1v) is 6.66. The van der Waals surface area contributed by atoms with Crippen LogP contribution in [0.1, 0.15) is 39.5 Å². The summed E-state index contributed by atoms with van der Waals surface area (Å²) in [6.45, 7) is 5.12. The Balaban J connectivity index is 2.47. The minimum Gasteiger partial charge on any atom is -0.481 e. The van der Waals surface area contributed by atoms with Gasteiger partial charge in [0.2, 0.25) is 5.91 Å². The number of carbonyl (C=O) groups excluding carboxylic acids is 1. The third-order valence-corrected chi connectivity index (χ3v) is 3.12. The van der Waals surface area contributed by atoms with E-state index in [0.29, 0.717) is 32.7 Å². The Morgan fingerprint density at radius 3 is 2.53 bits per heavy atom. The zero-order valence-corrected chi connectivity index (χ0v) is 11.6. The largest absolute Gasteiger partial charge is 0.481 e. The second-order valence-electron chi connectivity index (χ2n) is 5.18. The van der Waals surface area contributed by atoms with Crippen molar-refractivity contribution in [3.05, 3.63) is 0 Å². The summed E-state index contributed by atoms with van der Waals surface area (Å²) in [7, 11) is 0. The summed E-state index contributed by atoms with van der Waals surface area (Å²) in [6.07, 6.45) is 1.35. The molecule has 0 aromatic rings. The molecule has 6 nitrogen and oxygen atoms in total. The molecule has 19 heavy (non-hydrogen) atoms. The Morgan fingerprint density at radius 1 is 1.37 bits per heavy atom. The van der Waals surface area contributed by atoms with Crippen molar-refractivity contribution in [3.8, 4) is 0 Å². The highest BCUT2D eigenvalue weighted by Gasteiger charge is 2.36. The Hall–Kier alpha value is -1.14. The van der Waals surface area contributed by atoms with Gasteiger partial charge in [-0.15, -0.1) is 0 Å². The van der Waals surface area contributed by atoms with E-state index in [-0.39, 0.29) is 24.9 Å². The van der Waals surface area contributed by atoms with Crippen molar-refractivity contribution in [3.63, 3.8) is 0 Å². The van der Waals surface area contributed by atoms with Crippen molar-refractivity contribution in [2.24, 2.45) is 0 Å². The Bertz CT molecular complexity index is 310. The molecule has 0 spiro atoms. The van der Waals surface area contributed by atoms with E-state index >= 15 is 0 Å². The lowest BCUT2D eigenvalue weighted by Crippen LogP contribution is -2.53. The summed E-state index contributed by atoms with van der Waals surface area (Å²) >= 11 is 0. The molecule has 1 aliphatic rings. The van der Waals surface area contributed by atoms with Crippen LogP contribution >= 0.6 is 0 Å². The van der Waals surface area contributed by atoms with Crippen molar-refractivity contribution in [2.75, 3.05) is 19.8 Å². The number of carbonyl (C=O) groups is 2. The van der Waals surface area contributed by atoms with Crippen LogP contribution < -0.4 is 5.32 Å². The fourth-order valence-electron chi connectivity index (χ4n) is 2.14. The topological polar surface area (TPSA) is 84.9 Å². The SMILES string of the molecule is CC(C)OCCC(=O)NC1(CC(=O)O)CCOCC1. The summed E-state index contributed by atoms with van der Waals surface area (Å²) in [5, 5.41) is 11.8. The van der Waals surface area contributed by atoms with Crippen LogP contribution in [0.25, 0.3) is 0 Å². The number of hydrogen-bond donors (Lipinski definition) is 2. The average Bonchev–Trinajstić information content (AvgIpc) is 2.27. The van der Waals surface area contributed by atoms with Gasteiger partial charge in [0.15, 0.2) is 0 Å². The van der Waals surface area contributed by atoms with E-state index in [0.717, 1.165) is 0 Å². The summed E-state index contributed by atoms with van der Waals surface area (Å²) in [5.74, 6) is -1.07. The Morgan fingerprint density at radius 2 is 2.00 bits per heavy atom. The monoisotopic (exact) mass is 273 g/mol. The first kappa shape index (κ1) is 15.9. The van der Waals surface area contributed by atoms with E-state index in [9.17, 15) is 9.59 Å². The van der Waals surface area contributed by atoms with Crippen molar-refractivity contribution in [2.45, 2.75) is 51.2 Å². The quantitative estimate of drug-likeness (QED) is 0.721. The van der Waals surface area contributed by atoms with Crippen LogP contribution in [0.3, 0.4) is 0 Å². The normalized spacial score (nSPS) is 18.3. The third-order valence-electron chi connectivity index (χ3n) is 3.12. The smallest absolute Gasteiger partial charge is 0.305 e. The van der Waals surface area contributed by atoms with Crippen LogP contribution in [0, 0.1) is 0 Å². The second kappa shape index (κ2) is 7.45. The van der Waals surface area contributed by atoms with Gasteiger partial charge in [0.05, 0.1) is 24.7 Å². The van der Waals surface area contributed by atoms with Crippen LogP contribution in [0.2, 0.25) is 0 Å². The second-order valence-corrected chi connectivity index (χ2v) is 5.18. The number of amides is 1. The number of rotatable bonds is 7. The standard InChI is InChI=1S/C13H23NO5/c1-10(2)19-6-3-11(15)14-13(9-12(16)17)4-7-18-8-5-13/h10H,3-9H2,1-2H3,(H,14,15)(H,16,17). The molecular formula is C13H23NO5. The minimum absolute atomic E-state index is 0.0624. The number of nitrogens with one attached hydrogen (secondary N) is 1. The Labute approximate surface area is 113 Å². The molecule has 0 aliphatic carbocycles. The molecule has 0 aromatic carbocycles. The molecule has 1 aliphatic heterocycles. The first-order chi connectivity index (χ1) is 8.93. The van der Waals surface area contributed by atoms with Crippen LogP contribution in [0.4, 0.5) is 0 Å². The molecule has 0 bridgehead atoms. The molecule has 0 unspecified atom stereocenters. The van der Waals surface area contributed by atoms with Gasteiger partial charge in [-0.1, -0.05) is 0 Å². The van der Waals surface area contributed by atoms with Crippen molar-refractivity contribution < 1.29 is 24.2 Å². The summed E-state index contributed by atoms with van der Waals surface area (Å²) in [6, 6.07) is 0. The number of carboxylic acid groups (broad SMARTS) is 1. The van der Waals surface area contributed by atoms with E-state index < -0.39 is 11.5 Å². The number of hydrogen-bond acceptors (Lipinski definition) is 4. The van der Waals surface area contributed by atoms with E-state index in [1.165, 1.54) is 0 Å². The van der Waals surface area contributed by atoms with Gasteiger partial charge in [-0.05, 0) is 26.7 Å². The summed E-state index contributed by atoms with van der Waals surface area (Å²) < 4.78 is 10.5. The maximum Gasteiger partial charge on any atom is 0.305 e. The molecule has 0 radical (unpaired) electrons. The predicted octanol–water partition coefficient (Wildman–Crippen LogP) is 0.942. The minimum atomic E-state index is -0.902. The maximum absolute atomic E-state index is 11.9. The fourth-order valence-corrected chi connectivity index (χ4v) is 2.14. The van der Waals surface area contributed by atoms with E-state index in [1.54, 1.807) is 0 Å². The molecule has 0 aromatic heterocycles. The van der Waals surface area contributed by atoms with Crippen molar-refractivity contribution >= 4 is 11.9 Å². The lowest BCUT2D eigenvalue weighted by molar-refractivity contribution is -0.140. The molecule has 0 atom stereocenters. The lowest BCUT2D eigenvalue weighted by atomic mass is 9.86. The average molecular weight is 273 g/mol.